The molecule has 0 radical (unpaired) electrons. The lowest BCUT2D eigenvalue weighted by Crippen LogP contribution is -3.00. The summed E-state index contributed by atoms with van der Waals surface area (Å²) in [5.74, 6) is 0. The van der Waals surface area contributed by atoms with E-state index in [-0.39, 0.29) is 12.4 Å². The molecule has 0 unspecified atom stereocenters. The third-order valence-corrected chi connectivity index (χ3v) is 12.2. The molecule has 0 bridgehead atoms. The van der Waals surface area contributed by atoms with Crippen molar-refractivity contribution >= 4 is 16.1 Å². The van der Waals surface area contributed by atoms with Gasteiger partial charge in [0.1, 0.15) is 0 Å². The van der Waals surface area contributed by atoms with Crippen LogP contribution in [0.1, 0.15) is 27.2 Å². The Hall–Kier alpha value is 0.817. The minimum Gasteiger partial charge on any atom is -1.00 e. The zero-order valence-corrected chi connectivity index (χ0v) is 15.4. The van der Waals surface area contributed by atoms with Gasteiger partial charge in [0.15, 0.2) is 0 Å². The summed E-state index contributed by atoms with van der Waals surface area (Å²) in [5.41, 5.74) is 0. The van der Waals surface area contributed by atoms with Gasteiger partial charge in [-0.3, -0.25) is 0 Å². The zero-order chi connectivity index (χ0) is 13.4. The van der Waals surface area contributed by atoms with Crippen molar-refractivity contribution in [2.75, 3.05) is 46.0 Å². The molecular weight excluding hydrogens is 287 g/mol. The molecule has 6 heteroatoms. The van der Waals surface area contributed by atoms with Crippen LogP contribution in [0, 0.1) is 0 Å². The van der Waals surface area contributed by atoms with E-state index in [9.17, 15) is 0 Å². The lowest BCUT2D eigenvalue weighted by Gasteiger charge is -2.27. The minimum atomic E-state index is -2.34. The fourth-order valence-corrected chi connectivity index (χ4v) is 7.47. The second-order valence-electron chi connectivity index (χ2n) is 4.41. The van der Waals surface area contributed by atoms with Gasteiger partial charge in [0.25, 0.3) is 0 Å². The molecule has 0 spiro atoms. The quantitative estimate of drug-likeness (QED) is 0.430. The van der Waals surface area contributed by atoms with Gasteiger partial charge in [0.05, 0.1) is 24.6 Å². The van der Waals surface area contributed by atoms with Gasteiger partial charge in [-0.2, -0.15) is 0 Å². The monoisotopic (exact) mass is 316 g/mol. The van der Waals surface area contributed by atoms with Crippen molar-refractivity contribution in [1.82, 2.24) is 0 Å². The molecule has 0 aromatic carbocycles. The molecule has 112 valence electrons. The van der Waals surface area contributed by atoms with E-state index in [1.54, 1.807) is 21.3 Å². The molecule has 0 rings (SSSR count). The molecule has 0 aliphatic carbocycles. The first-order chi connectivity index (χ1) is 8.07. The van der Waals surface area contributed by atoms with Crippen molar-refractivity contribution in [3.8, 4) is 0 Å². The largest absolute Gasteiger partial charge is 1.00 e. The van der Waals surface area contributed by atoms with Gasteiger partial charge in [-0.25, -0.2) is 0 Å². The Labute approximate surface area is 121 Å². The molecule has 18 heavy (non-hydrogen) atoms. The Morgan fingerprint density at radius 1 is 0.833 bits per heavy atom. The SMILES string of the molecule is CC[P+](CC)(CC)CCC[Si](OC)(OC)OC.[Cl-]. The molecule has 0 aliphatic heterocycles. The number of rotatable bonds is 10. The van der Waals surface area contributed by atoms with Crippen LogP contribution in [0.4, 0.5) is 0 Å². The van der Waals surface area contributed by atoms with Crippen LogP contribution in [0.3, 0.4) is 0 Å². The Kier molecular flexibility index (Phi) is 12.4. The smallest absolute Gasteiger partial charge is 0.500 e. The molecule has 0 heterocycles. The number of hydrogen-bond acceptors (Lipinski definition) is 3. The van der Waals surface area contributed by atoms with Gasteiger partial charge in [-0.15, -0.1) is 0 Å². The number of hydrogen-bond donors (Lipinski definition) is 0. The first kappa shape index (κ1) is 21.1. The maximum atomic E-state index is 5.46. The van der Waals surface area contributed by atoms with Crippen LogP contribution in [-0.4, -0.2) is 54.8 Å². The summed E-state index contributed by atoms with van der Waals surface area (Å²) in [7, 11) is 2.05. The molecule has 0 atom stereocenters. The summed E-state index contributed by atoms with van der Waals surface area (Å²) in [5, 5.41) is 0. The fourth-order valence-electron chi connectivity index (χ4n) is 2.33. The topological polar surface area (TPSA) is 27.7 Å². The van der Waals surface area contributed by atoms with E-state index in [2.05, 4.69) is 20.8 Å². The van der Waals surface area contributed by atoms with Crippen molar-refractivity contribution in [2.24, 2.45) is 0 Å². The highest BCUT2D eigenvalue weighted by Gasteiger charge is 2.39. The van der Waals surface area contributed by atoms with Gasteiger partial charge in [-0.05, 0) is 27.2 Å². The highest BCUT2D eigenvalue weighted by atomic mass is 35.5. The van der Waals surface area contributed by atoms with Gasteiger partial charge in [-0.1, -0.05) is 0 Å². The predicted molar refractivity (Wildman–Crippen MR) is 79.6 cm³/mol. The van der Waals surface area contributed by atoms with Crippen molar-refractivity contribution < 1.29 is 25.7 Å². The average molecular weight is 317 g/mol. The van der Waals surface area contributed by atoms with Crippen LogP contribution < -0.4 is 12.4 Å². The highest BCUT2D eigenvalue weighted by Crippen LogP contribution is 2.58. The van der Waals surface area contributed by atoms with Gasteiger partial charge >= 0.3 is 8.80 Å². The summed E-state index contributed by atoms with van der Waals surface area (Å²) >= 11 is 0. The predicted octanol–water partition coefficient (Wildman–Crippen LogP) is 0.336. The zero-order valence-electron chi connectivity index (χ0n) is 12.8. The Morgan fingerprint density at radius 2 is 1.22 bits per heavy atom. The second-order valence-corrected chi connectivity index (χ2v) is 12.5. The minimum absolute atomic E-state index is 0. The molecule has 0 aromatic rings. The molecule has 0 fully saturated rings. The van der Waals surface area contributed by atoms with Gasteiger partial charge < -0.3 is 25.7 Å². The highest BCUT2D eigenvalue weighted by molar-refractivity contribution is 7.75. The first-order valence-electron chi connectivity index (χ1n) is 6.58. The standard InChI is InChI=1S/C12H30O3PSi.ClH/c1-7-16(8-2,9-3)11-10-12-17(13-4,14-5)15-6;/h7-12H2,1-6H3;1H/q+1;/p-1. The fraction of sp³-hybridized carbons (Fsp3) is 1.00. The van der Waals surface area contributed by atoms with E-state index in [4.69, 9.17) is 13.3 Å². The van der Waals surface area contributed by atoms with Crippen LogP contribution in [0.2, 0.25) is 6.04 Å². The van der Waals surface area contributed by atoms with Gasteiger partial charge in [0, 0.05) is 34.6 Å². The molecule has 0 aliphatic rings. The summed E-state index contributed by atoms with van der Waals surface area (Å²) < 4.78 is 16.4. The first-order valence-corrected chi connectivity index (χ1v) is 11.0. The van der Waals surface area contributed by atoms with Crippen molar-refractivity contribution in [3.05, 3.63) is 0 Å². The van der Waals surface area contributed by atoms with Crippen molar-refractivity contribution in [3.63, 3.8) is 0 Å². The molecule has 3 nitrogen and oxygen atoms in total. The molecule has 0 N–H and O–H groups in total. The van der Waals surface area contributed by atoms with E-state index in [0.29, 0.717) is 0 Å². The summed E-state index contributed by atoms with van der Waals surface area (Å²) in [6.45, 7) is 7.03. The average Bonchev–Trinajstić information content (AvgIpc) is 2.41. The second kappa shape index (κ2) is 10.6. The lowest BCUT2D eigenvalue weighted by molar-refractivity contribution is -0.00000848. The van der Waals surface area contributed by atoms with E-state index < -0.39 is 16.1 Å². The van der Waals surface area contributed by atoms with Crippen LogP contribution in [0.15, 0.2) is 0 Å². The summed E-state index contributed by atoms with van der Waals surface area (Å²) in [6.07, 6.45) is 6.61. The number of halogens is 1. The molecular formula is C12H30ClO3PSi. The maximum Gasteiger partial charge on any atom is 0.500 e. The Morgan fingerprint density at radius 3 is 1.50 bits per heavy atom. The van der Waals surface area contributed by atoms with E-state index in [0.717, 1.165) is 6.04 Å². The summed E-state index contributed by atoms with van der Waals surface area (Å²) in [4.78, 5) is 0. The Bertz CT molecular complexity index is 163. The van der Waals surface area contributed by atoms with Crippen molar-refractivity contribution in [1.29, 1.82) is 0 Å². The van der Waals surface area contributed by atoms with Crippen LogP contribution in [-0.2, 0) is 13.3 Å². The lowest BCUT2D eigenvalue weighted by atomic mass is 10.6. The van der Waals surface area contributed by atoms with Crippen LogP contribution in [0.25, 0.3) is 0 Å². The normalized spacial score (nSPS) is 12.3. The third-order valence-electron chi connectivity index (χ3n) is 4.06. The molecule has 0 saturated heterocycles. The van der Waals surface area contributed by atoms with Gasteiger partial charge in [0.2, 0.25) is 0 Å². The van der Waals surface area contributed by atoms with E-state index in [1.165, 1.54) is 31.1 Å². The molecule has 0 saturated carbocycles. The van der Waals surface area contributed by atoms with Crippen LogP contribution in [0.5, 0.6) is 0 Å². The van der Waals surface area contributed by atoms with Crippen LogP contribution >= 0.6 is 7.26 Å². The maximum absolute atomic E-state index is 5.46. The van der Waals surface area contributed by atoms with E-state index >= 15 is 0 Å². The molecule has 0 aromatic heterocycles. The van der Waals surface area contributed by atoms with E-state index in [1.807, 2.05) is 0 Å². The molecule has 0 amide bonds. The Balaban J connectivity index is 0. The van der Waals surface area contributed by atoms with Crippen molar-refractivity contribution in [2.45, 2.75) is 33.2 Å². The summed E-state index contributed by atoms with van der Waals surface area (Å²) in [6, 6.07) is 0.943. The third kappa shape index (κ3) is 5.85.